The van der Waals surface area contributed by atoms with E-state index in [1.165, 1.54) is 0 Å². The Kier molecular flexibility index (Phi) is 7.16. The number of nitrogens with zero attached hydrogens (tertiary/aromatic N) is 4. The Morgan fingerprint density at radius 1 is 1.10 bits per heavy atom. The van der Waals surface area contributed by atoms with Crippen molar-refractivity contribution in [2.45, 2.75) is 54.8 Å². The number of sulfonamides is 1. The number of piperidine rings is 1. The SMILES string of the molecule is Cn1cc(CN2CCC3(CCOc4cc(-c5ccccc5)ccc4S(=O)(=O)N4C[C@H](O)C[C@H]4C(=O)N3)CC2)cn1. The van der Waals surface area contributed by atoms with Gasteiger partial charge in [0.15, 0.2) is 0 Å². The molecule has 3 aliphatic rings. The number of hydrogen-bond acceptors (Lipinski definition) is 7. The van der Waals surface area contributed by atoms with E-state index in [1.807, 2.05) is 49.8 Å². The molecule has 2 N–H and O–H groups in total. The zero-order valence-corrected chi connectivity index (χ0v) is 23.4. The molecule has 40 heavy (non-hydrogen) atoms. The second kappa shape index (κ2) is 10.6. The normalized spacial score (nSPS) is 24.9. The highest BCUT2D eigenvalue weighted by Gasteiger charge is 2.47. The Hall–Kier alpha value is -3.25. The van der Waals surface area contributed by atoms with Crippen LogP contribution in [-0.4, -0.2) is 82.3 Å². The molecule has 2 aromatic carbocycles. The van der Waals surface area contributed by atoms with E-state index < -0.39 is 27.7 Å². The van der Waals surface area contributed by atoms with E-state index >= 15 is 0 Å². The van der Waals surface area contributed by atoms with Crippen molar-refractivity contribution in [3.05, 3.63) is 66.5 Å². The van der Waals surface area contributed by atoms with Gasteiger partial charge in [-0.1, -0.05) is 36.4 Å². The molecule has 0 bridgehead atoms. The van der Waals surface area contributed by atoms with E-state index in [0.717, 1.165) is 40.6 Å². The fourth-order valence-corrected chi connectivity index (χ4v) is 7.90. The van der Waals surface area contributed by atoms with Crippen molar-refractivity contribution in [1.82, 2.24) is 24.3 Å². The molecule has 10 nitrogen and oxygen atoms in total. The molecule has 4 heterocycles. The van der Waals surface area contributed by atoms with Gasteiger partial charge in [0, 0.05) is 63.4 Å². The van der Waals surface area contributed by atoms with Crippen LogP contribution in [0, 0.1) is 0 Å². The van der Waals surface area contributed by atoms with Crippen molar-refractivity contribution in [3.8, 4) is 16.9 Å². The van der Waals surface area contributed by atoms with Gasteiger partial charge < -0.3 is 15.2 Å². The molecule has 0 aliphatic carbocycles. The van der Waals surface area contributed by atoms with Crippen molar-refractivity contribution in [3.63, 3.8) is 0 Å². The minimum absolute atomic E-state index is 0.0151. The molecule has 6 rings (SSSR count). The number of likely N-dealkylation sites (tertiary alicyclic amines) is 1. The summed E-state index contributed by atoms with van der Waals surface area (Å²) in [5, 5.41) is 18.0. The maximum absolute atomic E-state index is 13.9. The van der Waals surface area contributed by atoms with Gasteiger partial charge in [-0.2, -0.15) is 9.40 Å². The summed E-state index contributed by atoms with van der Waals surface area (Å²) in [5.41, 5.74) is 2.40. The Labute approximate surface area is 234 Å². The Morgan fingerprint density at radius 2 is 1.88 bits per heavy atom. The average Bonchev–Trinajstić information content (AvgIpc) is 3.55. The molecule has 1 spiro atoms. The van der Waals surface area contributed by atoms with Crippen LogP contribution in [0.2, 0.25) is 0 Å². The summed E-state index contributed by atoms with van der Waals surface area (Å²) >= 11 is 0. The first kappa shape index (κ1) is 26.9. The summed E-state index contributed by atoms with van der Waals surface area (Å²) in [5.74, 6) is -0.0924. The van der Waals surface area contributed by atoms with Gasteiger partial charge in [-0.25, -0.2) is 8.42 Å². The van der Waals surface area contributed by atoms with Gasteiger partial charge in [0.2, 0.25) is 15.9 Å². The van der Waals surface area contributed by atoms with Crippen LogP contribution < -0.4 is 10.1 Å². The summed E-state index contributed by atoms with van der Waals surface area (Å²) < 4.78 is 37.0. The molecule has 0 radical (unpaired) electrons. The lowest BCUT2D eigenvalue weighted by Crippen LogP contribution is -2.59. The van der Waals surface area contributed by atoms with Crippen molar-refractivity contribution in [2.24, 2.45) is 7.05 Å². The summed E-state index contributed by atoms with van der Waals surface area (Å²) in [6.45, 7) is 2.46. The number of ether oxygens (including phenoxy) is 1. The number of aliphatic hydroxyl groups excluding tert-OH is 1. The zero-order chi connectivity index (χ0) is 27.9. The summed E-state index contributed by atoms with van der Waals surface area (Å²) in [6.07, 6.45) is 4.99. The van der Waals surface area contributed by atoms with E-state index in [1.54, 1.807) is 22.9 Å². The van der Waals surface area contributed by atoms with Gasteiger partial charge in [-0.05, 0) is 36.1 Å². The number of aryl methyl sites for hydroxylation is 1. The number of aromatic nitrogens is 2. The highest BCUT2D eigenvalue weighted by Crippen LogP contribution is 2.37. The average molecular weight is 566 g/mol. The topological polar surface area (TPSA) is 117 Å². The maximum atomic E-state index is 13.9. The molecule has 2 atom stereocenters. The van der Waals surface area contributed by atoms with E-state index in [9.17, 15) is 18.3 Å². The molecule has 0 saturated carbocycles. The monoisotopic (exact) mass is 565 g/mol. The molecular weight excluding hydrogens is 530 g/mol. The minimum atomic E-state index is -4.11. The summed E-state index contributed by atoms with van der Waals surface area (Å²) in [7, 11) is -2.21. The molecule has 212 valence electrons. The predicted molar refractivity (Wildman–Crippen MR) is 149 cm³/mol. The van der Waals surface area contributed by atoms with Gasteiger partial charge in [-0.3, -0.25) is 14.4 Å². The summed E-state index contributed by atoms with van der Waals surface area (Å²) in [4.78, 5) is 16.0. The number of fused-ring (bicyclic) bond motifs is 2. The smallest absolute Gasteiger partial charge is 0.247 e. The third-order valence-electron chi connectivity index (χ3n) is 8.38. The third-order valence-corrected chi connectivity index (χ3v) is 10.3. The van der Waals surface area contributed by atoms with Crippen LogP contribution in [0.15, 0.2) is 65.8 Å². The van der Waals surface area contributed by atoms with Gasteiger partial charge in [0.25, 0.3) is 0 Å². The molecule has 2 fully saturated rings. The fraction of sp³-hybridized carbons (Fsp3) is 0.448. The van der Waals surface area contributed by atoms with Gasteiger partial charge in [-0.15, -0.1) is 0 Å². The highest BCUT2D eigenvalue weighted by atomic mass is 32.2. The summed E-state index contributed by atoms with van der Waals surface area (Å²) in [6, 6.07) is 13.8. The number of rotatable bonds is 3. The largest absolute Gasteiger partial charge is 0.492 e. The number of carbonyl (C=O) groups excluding carboxylic acids is 1. The van der Waals surface area contributed by atoms with Crippen LogP contribution in [0.5, 0.6) is 5.75 Å². The Balaban J connectivity index is 1.31. The van der Waals surface area contributed by atoms with E-state index in [-0.39, 0.29) is 36.1 Å². The van der Waals surface area contributed by atoms with E-state index in [0.29, 0.717) is 19.3 Å². The molecule has 11 heteroatoms. The molecule has 2 saturated heterocycles. The lowest BCUT2D eigenvalue weighted by atomic mass is 9.84. The zero-order valence-electron chi connectivity index (χ0n) is 22.6. The number of nitrogens with one attached hydrogen (secondary N) is 1. The van der Waals surface area contributed by atoms with Crippen molar-refractivity contribution < 1.29 is 23.1 Å². The molecule has 1 aromatic heterocycles. The number of benzene rings is 2. The molecular formula is C29H35N5O5S. The minimum Gasteiger partial charge on any atom is -0.492 e. The predicted octanol–water partition coefficient (Wildman–Crippen LogP) is 2.14. The second-order valence-electron chi connectivity index (χ2n) is 11.2. The van der Waals surface area contributed by atoms with Crippen molar-refractivity contribution >= 4 is 15.9 Å². The van der Waals surface area contributed by atoms with Crippen LogP contribution >= 0.6 is 0 Å². The Bertz CT molecular complexity index is 1480. The van der Waals surface area contributed by atoms with Crippen LogP contribution in [0.1, 0.15) is 31.2 Å². The first-order valence-electron chi connectivity index (χ1n) is 13.8. The van der Waals surface area contributed by atoms with Crippen LogP contribution in [0.3, 0.4) is 0 Å². The third kappa shape index (κ3) is 5.26. The number of aliphatic hydroxyl groups is 1. The van der Waals surface area contributed by atoms with Crippen LogP contribution in [0.25, 0.3) is 11.1 Å². The fourth-order valence-electron chi connectivity index (χ4n) is 6.15. The lowest BCUT2D eigenvalue weighted by molar-refractivity contribution is -0.127. The lowest BCUT2D eigenvalue weighted by Gasteiger charge is -2.43. The number of carbonyl (C=O) groups is 1. The highest BCUT2D eigenvalue weighted by molar-refractivity contribution is 7.89. The number of hydrogen-bond donors (Lipinski definition) is 2. The van der Waals surface area contributed by atoms with Crippen LogP contribution in [-0.2, 0) is 28.4 Å². The number of amides is 1. The van der Waals surface area contributed by atoms with Crippen LogP contribution in [0.4, 0.5) is 0 Å². The quantitative estimate of drug-likeness (QED) is 0.500. The van der Waals surface area contributed by atoms with E-state index in [4.69, 9.17) is 4.74 Å². The second-order valence-corrected chi connectivity index (χ2v) is 13.0. The maximum Gasteiger partial charge on any atom is 0.247 e. The first-order valence-corrected chi connectivity index (χ1v) is 15.2. The molecule has 3 aliphatic heterocycles. The molecule has 0 unspecified atom stereocenters. The molecule has 3 aromatic rings. The van der Waals surface area contributed by atoms with Crippen molar-refractivity contribution in [2.75, 3.05) is 26.2 Å². The van der Waals surface area contributed by atoms with E-state index in [2.05, 4.69) is 15.3 Å². The Morgan fingerprint density at radius 3 is 2.60 bits per heavy atom. The molecule has 1 amide bonds. The first-order chi connectivity index (χ1) is 19.2. The van der Waals surface area contributed by atoms with Gasteiger partial charge in [0.1, 0.15) is 16.7 Å². The standard InChI is InChI=1S/C29H35N5O5S/c1-32-18-21(17-30-32)19-33-12-9-29(10-13-33)11-14-39-26-15-23(22-5-3-2-4-6-22)7-8-27(26)40(37,38)34-20-24(35)16-25(34)28(36)31-29/h2-8,15,17-18,24-25,35H,9-14,16,19-20H2,1H3,(H,31,36)/t24-,25+/m1/s1. The van der Waals surface area contributed by atoms with Gasteiger partial charge in [0.05, 0.1) is 18.9 Å². The van der Waals surface area contributed by atoms with Crippen molar-refractivity contribution in [1.29, 1.82) is 0 Å². The van der Waals surface area contributed by atoms with Gasteiger partial charge >= 0.3 is 0 Å².